The van der Waals surface area contributed by atoms with Crippen LogP contribution in [-0.4, -0.2) is 26.4 Å². The van der Waals surface area contributed by atoms with E-state index in [0.29, 0.717) is 11.3 Å². The quantitative estimate of drug-likeness (QED) is 0.619. The van der Waals surface area contributed by atoms with Crippen molar-refractivity contribution in [3.63, 3.8) is 0 Å². The predicted molar refractivity (Wildman–Crippen MR) is 92.5 cm³/mol. The van der Waals surface area contributed by atoms with Crippen LogP contribution in [0.5, 0.6) is 0 Å². The van der Waals surface area contributed by atoms with Gasteiger partial charge in [-0.1, -0.05) is 24.3 Å². The van der Waals surface area contributed by atoms with Gasteiger partial charge in [0.05, 0.1) is 5.52 Å². The topological polar surface area (TPSA) is 55.1 Å². The molecule has 0 fully saturated rings. The molecule has 0 unspecified atom stereocenters. The Labute approximate surface area is 138 Å². The van der Waals surface area contributed by atoms with Crippen LogP contribution in [0.25, 0.3) is 27.8 Å². The first-order valence-corrected chi connectivity index (χ1v) is 7.92. The number of rotatable bonds is 4. The lowest BCUT2D eigenvalue weighted by Crippen LogP contribution is -2.05. The molecule has 2 heterocycles. The number of fused-ring (bicyclic) bond motifs is 3. The van der Waals surface area contributed by atoms with Crippen molar-refractivity contribution in [1.29, 1.82) is 0 Å². The highest BCUT2D eigenvalue weighted by atomic mass is 19.1. The SMILES string of the molecule is CCCNc1nc2c(-c3ccc(F)cc3)nnn2c2ccccc12. The summed E-state index contributed by atoms with van der Waals surface area (Å²) in [4.78, 5) is 4.73. The lowest BCUT2D eigenvalue weighted by Gasteiger charge is -2.09. The van der Waals surface area contributed by atoms with Crippen molar-refractivity contribution in [2.75, 3.05) is 11.9 Å². The number of nitrogens with one attached hydrogen (secondary N) is 1. The van der Waals surface area contributed by atoms with Gasteiger partial charge in [-0.05, 0) is 42.8 Å². The lowest BCUT2D eigenvalue weighted by molar-refractivity contribution is 0.628. The zero-order valence-electron chi connectivity index (χ0n) is 13.2. The summed E-state index contributed by atoms with van der Waals surface area (Å²) in [6.45, 7) is 2.94. The van der Waals surface area contributed by atoms with E-state index in [1.807, 2.05) is 24.3 Å². The Morgan fingerprint density at radius 3 is 2.67 bits per heavy atom. The number of hydrogen-bond acceptors (Lipinski definition) is 4. The number of para-hydroxylation sites is 1. The molecular weight excluding hydrogens is 305 g/mol. The second kappa shape index (κ2) is 5.88. The second-order valence-electron chi connectivity index (χ2n) is 5.58. The Morgan fingerprint density at radius 2 is 1.88 bits per heavy atom. The largest absolute Gasteiger partial charge is 0.369 e. The normalized spacial score (nSPS) is 11.2. The summed E-state index contributed by atoms with van der Waals surface area (Å²) in [5, 5.41) is 12.9. The van der Waals surface area contributed by atoms with Crippen LogP contribution < -0.4 is 5.32 Å². The second-order valence-corrected chi connectivity index (χ2v) is 5.58. The number of anilines is 1. The van der Waals surface area contributed by atoms with Gasteiger partial charge in [0.1, 0.15) is 17.3 Å². The van der Waals surface area contributed by atoms with Crippen molar-refractivity contribution >= 4 is 22.4 Å². The molecule has 0 aliphatic rings. The Hall–Kier alpha value is -3.02. The zero-order chi connectivity index (χ0) is 16.5. The fourth-order valence-electron chi connectivity index (χ4n) is 2.74. The summed E-state index contributed by atoms with van der Waals surface area (Å²) in [7, 11) is 0. The first-order valence-electron chi connectivity index (χ1n) is 7.92. The molecule has 120 valence electrons. The van der Waals surface area contributed by atoms with Crippen LogP contribution in [0.2, 0.25) is 0 Å². The average molecular weight is 321 g/mol. The minimum absolute atomic E-state index is 0.279. The summed E-state index contributed by atoms with van der Waals surface area (Å²) in [5.74, 6) is 0.532. The standard InChI is InChI=1S/C18H16FN5/c1-2-11-20-17-14-5-3-4-6-15(14)24-18(21-17)16(22-23-24)12-7-9-13(19)10-8-12/h3-10H,2,11H2,1H3,(H,20,21). The van der Waals surface area contributed by atoms with Gasteiger partial charge in [-0.25, -0.2) is 9.37 Å². The predicted octanol–water partition coefficient (Wildman–Crippen LogP) is 3.91. The van der Waals surface area contributed by atoms with Gasteiger partial charge in [0.25, 0.3) is 0 Å². The van der Waals surface area contributed by atoms with Gasteiger partial charge in [0, 0.05) is 17.5 Å². The Morgan fingerprint density at radius 1 is 1.08 bits per heavy atom. The van der Waals surface area contributed by atoms with E-state index in [2.05, 4.69) is 22.6 Å². The highest BCUT2D eigenvalue weighted by Gasteiger charge is 2.15. The molecule has 0 spiro atoms. The fourth-order valence-corrected chi connectivity index (χ4v) is 2.74. The molecule has 0 aliphatic carbocycles. The van der Waals surface area contributed by atoms with E-state index in [9.17, 15) is 4.39 Å². The van der Waals surface area contributed by atoms with Crippen LogP contribution in [0, 0.1) is 5.82 Å². The maximum Gasteiger partial charge on any atom is 0.186 e. The van der Waals surface area contributed by atoms with Crippen LogP contribution in [0.3, 0.4) is 0 Å². The molecule has 4 aromatic rings. The fraction of sp³-hybridized carbons (Fsp3) is 0.167. The third-order valence-corrected chi connectivity index (χ3v) is 3.91. The van der Waals surface area contributed by atoms with E-state index in [4.69, 9.17) is 4.98 Å². The average Bonchev–Trinajstić information content (AvgIpc) is 3.04. The van der Waals surface area contributed by atoms with Gasteiger partial charge in [0.2, 0.25) is 0 Å². The van der Waals surface area contributed by atoms with E-state index < -0.39 is 0 Å². The van der Waals surface area contributed by atoms with Crippen LogP contribution in [0.1, 0.15) is 13.3 Å². The summed E-state index contributed by atoms with van der Waals surface area (Å²) in [5.41, 5.74) is 3.01. The summed E-state index contributed by atoms with van der Waals surface area (Å²) < 4.78 is 14.9. The maximum atomic E-state index is 13.2. The molecular formula is C18H16FN5. The summed E-state index contributed by atoms with van der Waals surface area (Å²) in [6.07, 6.45) is 1.00. The van der Waals surface area contributed by atoms with Crippen molar-refractivity contribution in [2.24, 2.45) is 0 Å². The third kappa shape index (κ3) is 2.36. The summed E-state index contributed by atoms with van der Waals surface area (Å²) >= 11 is 0. The Bertz CT molecular complexity index is 1010. The third-order valence-electron chi connectivity index (χ3n) is 3.91. The first kappa shape index (κ1) is 14.6. The lowest BCUT2D eigenvalue weighted by atomic mass is 10.1. The van der Waals surface area contributed by atoms with Crippen molar-refractivity contribution in [1.82, 2.24) is 19.8 Å². The number of aromatic nitrogens is 4. The van der Waals surface area contributed by atoms with Crippen molar-refractivity contribution in [3.05, 3.63) is 54.3 Å². The first-order chi connectivity index (χ1) is 11.8. The molecule has 2 aromatic carbocycles. The molecule has 0 atom stereocenters. The highest BCUT2D eigenvalue weighted by Crippen LogP contribution is 2.27. The molecule has 0 saturated carbocycles. The van der Waals surface area contributed by atoms with Gasteiger partial charge < -0.3 is 5.32 Å². The van der Waals surface area contributed by atoms with Gasteiger partial charge in [-0.2, -0.15) is 4.52 Å². The minimum Gasteiger partial charge on any atom is -0.369 e. The van der Waals surface area contributed by atoms with Crippen LogP contribution >= 0.6 is 0 Å². The molecule has 0 saturated heterocycles. The van der Waals surface area contributed by atoms with Gasteiger partial charge in [0.15, 0.2) is 5.65 Å². The monoisotopic (exact) mass is 321 g/mol. The molecule has 0 amide bonds. The Kier molecular flexibility index (Phi) is 3.57. The Balaban J connectivity index is 1.97. The van der Waals surface area contributed by atoms with E-state index in [-0.39, 0.29) is 5.82 Å². The zero-order valence-corrected chi connectivity index (χ0v) is 13.2. The highest BCUT2D eigenvalue weighted by molar-refractivity contribution is 5.93. The van der Waals surface area contributed by atoms with Crippen LogP contribution in [0.4, 0.5) is 10.2 Å². The molecule has 0 bridgehead atoms. The number of nitrogens with zero attached hydrogens (tertiary/aromatic N) is 4. The molecule has 4 rings (SSSR count). The van der Waals surface area contributed by atoms with Gasteiger partial charge in [-0.15, -0.1) is 5.10 Å². The van der Waals surface area contributed by atoms with E-state index in [1.165, 1.54) is 12.1 Å². The van der Waals surface area contributed by atoms with Crippen molar-refractivity contribution in [3.8, 4) is 11.3 Å². The smallest absolute Gasteiger partial charge is 0.186 e. The molecule has 0 radical (unpaired) electrons. The van der Waals surface area contributed by atoms with Crippen LogP contribution in [-0.2, 0) is 0 Å². The minimum atomic E-state index is -0.279. The molecule has 24 heavy (non-hydrogen) atoms. The number of benzene rings is 2. The molecule has 5 nitrogen and oxygen atoms in total. The molecule has 0 aliphatic heterocycles. The molecule has 6 heteroatoms. The molecule has 2 aromatic heterocycles. The van der Waals surface area contributed by atoms with E-state index >= 15 is 0 Å². The summed E-state index contributed by atoms with van der Waals surface area (Å²) in [6, 6.07) is 14.2. The van der Waals surface area contributed by atoms with Gasteiger partial charge in [-0.3, -0.25) is 0 Å². The van der Waals surface area contributed by atoms with E-state index in [1.54, 1.807) is 16.6 Å². The van der Waals surface area contributed by atoms with Crippen LogP contribution in [0.15, 0.2) is 48.5 Å². The van der Waals surface area contributed by atoms with Crippen molar-refractivity contribution in [2.45, 2.75) is 13.3 Å². The van der Waals surface area contributed by atoms with E-state index in [0.717, 1.165) is 35.2 Å². The molecule has 1 N–H and O–H groups in total. The number of halogens is 1. The number of hydrogen-bond donors (Lipinski definition) is 1. The van der Waals surface area contributed by atoms with Gasteiger partial charge >= 0.3 is 0 Å². The maximum absolute atomic E-state index is 13.2. The van der Waals surface area contributed by atoms with Crippen molar-refractivity contribution < 1.29 is 4.39 Å².